The minimum atomic E-state index is 0.674. The van der Waals surface area contributed by atoms with E-state index in [1.54, 1.807) is 11.3 Å². The zero-order valence-corrected chi connectivity index (χ0v) is 27.4. The molecule has 0 N–H and O–H groups in total. The fourth-order valence-electron chi connectivity index (χ4n) is 6.74. The van der Waals surface area contributed by atoms with Crippen LogP contribution in [0.5, 0.6) is 0 Å². The minimum Gasteiger partial charge on any atom is -0.452 e. The van der Waals surface area contributed by atoms with Gasteiger partial charge in [-0.25, -0.2) is 19.9 Å². The average Bonchev–Trinajstić information content (AvgIpc) is 3.76. The van der Waals surface area contributed by atoms with Crippen LogP contribution in [0, 0.1) is 0 Å². The first-order valence-electron chi connectivity index (χ1n) is 16.5. The van der Waals surface area contributed by atoms with Crippen molar-refractivity contribution in [1.82, 2.24) is 19.9 Å². The van der Waals surface area contributed by atoms with E-state index in [1.807, 2.05) is 72.8 Å². The summed E-state index contributed by atoms with van der Waals surface area (Å²) in [6.45, 7) is 0. The summed E-state index contributed by atoms with van der Waals surface area (Å²) in [4.78, 5) is 20.4. The molecule has 0 unspecified atom stereocenters. The molecule has 6 aromatic carbocycles. The number of hydrogen-bond acceptors (Lipinski definition) is 6. The second-order valence-corrected chi connectivity index (χ2v) is 13.3. The molecule has 5 nitrogen and oxygen atoms in total. The van der Waals surface area contributed by atoms with Gasteiger partial charge in [-0.05, 0) is 30.3 Å². The van der Waals surface area contributed by atoms with Crippen LogP contribution < -0.4 is 0 Å². The molecule has 0 amide bonds. The van der Waals surface area contributed by atoms with E-state index < -0.39 is 0 Å². The molecule has 6 heteroatoms. The van der Waals surface area contributed by atoms with Gasteiger partial charge in [-0.1, -0.05) is 127 Å². The molecule has 0 saturated heterocycles. The predicted molar refractivity (Wildman–Crippen MR) is 205 cm³/mol. The third-order valence-electron chi connectivity index (χ3n) is 9.13. The number of furan rings is 1. The smallest absolute Gasteiger partial charge is 0.180 e. The van der Waals surface area contributed by atoms with Crippen molar-refractivity contribution < 1.29 is 4.42 Å². The van der Waals surface area contributed by atoms with Gasteiger partial charge in [0.05, 0.1) is 11.4 Å². The van der Waals surface area contributed by atoms with Crippen LogP contribution in [0.15, 0.2) is 162 Å². The average molecular weight is 659 g/mol. The van der Waals surface area contributed by atoms with Gasteiger partial charge in [0.15, 0.2) is 17.2 Å². The van der Waals surface area contributed by atoms with E-state index in [2.05, 4.69) is 84.9 Å². The van der Waals surface area contributed by atoms with E-state index in [4.69, 9.17) is 24.4 Å². The molecule has 0 radical (unpaired) electrons. The second kappa shape index (κ2) is 11.6. The third kappa shape index (κ3) is 4.77. The van der Waals surface area contributed by atoms with Gasteiger partial charge in [0, 0.05) is 53.4 Å². The van der Waals surface area contributed by atoms with Gasteiger partial charge in [0.1, 0.15) is 16.8 Å². The Morgan fingerprint density at radius 1 is 0.440 bits per heavy atom. The molecule has 50 heavy (non-hydrogen) atoms. The van der Waals surface area contributed by atoms with Crippen molar-refractivity contribution in [3.05, 3.63) is 158 Å². The Labute approximate surface area is 291 Å². The van der Waals surface area contributed by atoms with Crippen molar-refractivity contribution in [2.75, 3.05) is 0 Å². The van der Waals surface area contributed by atoms with Crippen LogP contribution in [-0.4, -0.2) is 19.9 Å². The number of hydrogen-bond donors (Lipinski definition) is 0. The first kappa shape index (κ1) is 28.5. The molecule has 0 aliphatic heterocycles. The van der Waals surface area contributed by atoms with Gasteiger partial charge in [-0.2, -0.15) is 0 Å². The molecule has 0 fully saturated rings. The summed E-state index contributed by atoms with van der Waals surface area (Å²) in [5.74, 6) is 1.38. The third-order valence-corrected chi connectivity index (χ3v) is 10.2. The number of nitrogens with zero attached hydrogens (tertiary/aromatic N) is 4. The summed E-state index contributed by atoms with van der Waals surface area (Å²) in [6, 6.07) is 53.8. The highest BCUT2D eigenvalue weighted by atomic mass is 32.1. The van der Waals surface area contributed by atoms with Gasteiger partial charge < -0.3 is 4.42 Å². The van der Waals surface area contributed by atoms with Crippen molar-refractivity contribution in [3.8, 4) is 56.5 Å². The summed E-state index contributed by atoms with van der Waals surface area (Å²) in [6.07, 6.45) is 0. The lowest BCUT2D eigenvalue weighted by molar-refractivity contribution is 0.667. The van der Waals surface area contributed by atoms with Gasteiger partial charge >= 0.3 is 0 Å². The fourth-order valence-corrected chi connectivity index (χ4v) is 7.91. The van der Waals surface area contributed by atoms with E-state index in [0.29, 0.717) is 17.2 Å². The van der Waals surface area contributed by atoms with E-state index in [-0.39, 0.29) is 0 Å². The van der Waals surface area contributed by atoms with Crippen molar-refractivity contribution in [3.63, 3.8) is 0 Å². The van der Waals surface area contributed by atoms with Gasteiger partial charge in [0.25, 0.3) is 0 Å². The molecule has 234 valence electrons. The molecular weight excluding hydrogens is 633 g/mol. The SMILES string of the molecule is c1ccc(-c2cc(-c3ccc4c(c3)sc3cccc(-c5nc(-c6ccccc6)c6oc7ccccc7c6n5)c34)nc(-c3ccccc3)n2)cc1. The highest BCUT2D eigenvalue weighted by molar-refractivity contribution is 7.26. The molecule has 4 aromatic heterocycles. The van der Waals surface area contributed by atoms with Crippen LogP contribution in [0.2, 0.25) is 0 Å². The lowest BCUT2D eigenvalue weighted by Crippen LogP contribution is -1.95. The van der Waals surface area contributed by atoms with Crippen molar-refractivity contribution in [2.45, 2.75) is 0 Å². The fraction of sp³-hybridized carbons (Fsp3) is 0. The van der Waals surface area contributed by atoms with E-state index in [9.17, 15) is 0 Å². The lowest BCUT2D eigenvalue weighted by Gasteiger charge is -2.10. The zero-order valence-electron chi connectivity index (χ0n) is 26.6. The Bertz CT molecular complexity index is 2810. The topological polar surface area (TPSA) is 64.7 Å². The van der Waals surface area contributed by atoms with Gasteiger partial charge in [-0.3, -0.25) is 0 Å². The van der Waals surface area contributed by atoms with Crippen molar-refractivity contribution >= 4 is 53.6 Å². The maximum atomic E-state index is 6.37. The molecular formula is C44H26N4OS. The van der Waals surface area contributed by atoms with Gasteiger partial charge in [0.2, 0.25) is 0 Å². The summed E-state index contributed by atoms with van der Waals surface area (Å²) in [7, 11) is 0. The second-order valence-electron chi connectivity index (χ2n) is 12.2. The Morgan fingerprint density at radius 3 is 1.90 bits per heavy atom. The Kier molecular flexibility index (Phi) is 6.60. The Morgan fingerprint density at radius 2 is 1.12 bits per heavy atom. The summed E-state index contributed by atoms with van der Waals surface area (Å²) < 4.78 is 8.71. The van der Waals surface area contributed by atoms with Crippen molar-refractivity contribution in [1.29, 1.82) is 0 Å². The summed E-state index contributed by atoms with van der Waals surface area (Å²) in [5, 5.41) is 3.28. The van der Waals surface area contributed by atoms with Crippen LogP contribution in [-0.2, 0) is 0 Å². The van der Waals surface area contributed by atoms with Crippen LogP contribution in [0.3, 0.4) is 0 Å². The number of benzene rings is 6. The summed E-state index contributed by atoms with van der Waals surface area (Å²) >= 11 is 1.77. The Balaban J connectivity index is 1.16. The molecule has 10 rings (SSSR count). The maximum absolute atomic E-state index is 6.37. The quantitative estimate of drug-likeness (QED) is 0.184. The maximum Gasteiger partial charge on any atom is 0.180 e. The number of aromatic nitrogens is 4. The molecule has 0 aliphatic rings. The highest BCUT2D eigenvalue weighted by Crippen LogP contribution is 2.43. The van der Waals surface area contributed by atoms with Crippen LogP contribution in [0.25, 0.3) is 98.8 Å². The van der Waals surface area contributed by atoms with Crippen LogP contribution >= 0.6 is 11.3 Å². The van der Waals surface area contributed by atoms with Crippen LogP contribution in [0.4, 0.5) is 0 Å². The molecule has 4 heterocycles. The normalized spacial score (nSPS) is 11.6. The van der Waals surface area contributed by atoms with E-state index >= 15 is 0 Å². The monoisotopic (exact) mass is 658 g/mol. The number of rotatable bonds is 5. The standard InChI is InChI=1S/C44H26N4OS/c1-4-13-27(14-5-1)34-26-35(46-43(45-34)29-17-8-3-9-18-29)30-23-24-32-38(25-30)50-37-22-12-20-33(39(32)37)44-47-40(28-15-6-2-7-16-28)42-41(48-44)31-19-10-11-21-36(31)49-42/h1-26H. The Hall–Kier alpha value is -6.50. The highest BCUT2D eigenvalue weighted by Gasteiger charge is 2.21. The molecule has 0 bridgehead atoms. The molecule has 0 saturated carbocycles. The summed E-state index contributed by atoms with van der Waals surface area (Å²) in [5.41, 5.74) is 9.92. The first-order valence-corrected chi connectivity index (χ1v) is 17.3. The number of para-hydroxylation sites is 1. The molecule has 10 aromatic rings. The minimum absolute atomic E-state index is 0.674. The molecule has 0 aliphatic carbocycles. The molecule has 0 spiro atoms. The largest absolute Gasteiger partial charge is 0.452 e. The van der Waals surface area contributed by atoms with Crippen molar-refractivity contribution in [2.24, 2.45) is 0 Å². The lowest BCUT2D eigenvalue weighted by atomic mass is 10.0. The predicted octanol–water partition coefficient (Wildman–Crippen LogP) is 11.9. The number of fused-ring (bicyclic) bond motifs is 6. The van der Waals surface area contributed by atoms with E-state index in [0.717, 1.165) is 72.2 Å². The zero-order chi connectivity index (χ0) is 33.0. The number of thiophene rings is 1. The first-order chi connectivity index (χ1) is 24.8. The van der Waals surface area contributed by atoms with Gasteiger partial charge in [-0.15, -0.1) is 11.3 Å². The van der Waals surface area contributed by atoms with Crippen LogP contribution in [0.1, 0.15) is 0 Å². The van der Waals surface area contributed by atoms with E-state index in [1.165, 1.54) is 9.40 Å². The molecule has 0 atom stereocenters.